The second-order valence-electron chi connectivity index (χ2n) is 5.01. The molecule has 0 aliphatic rings. The van der Waals surface area contributed by atoms with Crippen molar-refractivity contribution in [1.82, 2.24) is 10.2 Å². The van der Waals surface area contributed by atoms with E-state index < -0.39 is 5.91 Å². The SMILES string of the molecule is NC(=O)c1ccc(NC(=O)CSc2ccc(-c3cccs3)nn2)cc1. The second-order valence-corrected chi connectivity index (χ2v) is 6.96. The number of thioether (sulfide) groups is 1. The van der Waals surface area contributed by atoms with Crippen LogP contribution in [0.15, 0.2) is 58.9 Å². The van der Waals surface area contributed by atoms with E-state index in [4.69, 9.17) is 5.73 Å². The zero-order valence-corrected chi connectivity index (χ0v) is 14.6. The Labute approximate surface area is 152 Å². The van der Waals surface area contributed by atoms with Crippen molar-refractivity contribution < 1.29 is 9.59 Å². The van der Waals surface area contributed by atoms with E-state index in [0.29, 0.717) is 16.3 Å². The molecule has 0 unspecified atom stereocenters. The van der Waals surface area contributed by atoms with E-state index in [1.165, 1.54) is 11.8 Å². The molecule has 0 spiro atoms. The lowest BCUT2D eigenvalue weighted by Crippen LogP contribution is -2.15. The zero-order chi connectivity index (χ0) is 17.6. The number of amides is 2. The molecule has 6 nitrogen and oxygen atoms in total. The van der Waals surface area contributed by atoms with Crippen molar-refractivity contribution in [2.75, 3.05) is 11.1 Å². The molecule has 2 amide bonds. The van der Waals surface area contributed by atoms with Crippen molar-refractivity contribution in [3.05, 3.63) is 59.5 Å². The molecule has 1 aromatic carbocycles. The van der Waals surface area contributed by atoms with Crippen molar-refractivity contribution in [3.8, 4) is 10.6 Å². The number of rotatable bonds is 6. The normalized spacial score (nSPS) is 10.4. The highest BCUT2D eigenvalue weighted by atomic mass is 32.2. The summed E-state index contributed by atoms with van der Waals surface area (Å²) in [4.78, 5) is 24.1. The molecule has 3 rings (SSSR count). The molecule has 0 saturated heterocycles. The molecule has 0 aliphatic heterocycles. The maximum atomic E-state index is 12.0. The molecule has 2 aromatic heterocycles. The molecule has 25 heavy (non-hydrogen) atoms. The van der Waals surface area contributed by atoms with Crippen LogP contribution in [0.2, 0.25) is 0 Å². The molecule has 0 fully saturated rings. The molecular weight excluding hydrogens is 356 g/mol. The van der Waals surface area contributed by atoms with Gasteiger partial charge in [-0.25, -0.2) is 0 Å². The number of aromatic nitrogens is 2. The van der Waals surface area contributed by atoms with E-state index >= 15 is 0 Å². The predicted octanol–water partition coefficient (Wildman–Crippen LogP) is 3.03. The number of anilines is 1. The molecule has 3 N–H and O–H groups in total. The Balaban J connectivity index is 1.52. The molecule has 0 radical (unpaired) electrons. The Morgan fingerprint density at radius 2 is 1.88 bits per heavy atom. The second kappa shape index (κ2) is 7.91. The van der Waals surface area contributed by atoms with E-state index in [1.54, 1.807) is 35.6 Å². The maximum Gasteiger partial charge on any atom is 0.248 e. The number of benzene rings is 1. The van der Waals surface area contributed by atoms with Crippen LogP contribution >= 0.6 is 23.1 Å². The van der Waals surface area contributed by atoms with Crippen LogP contribution in [0.25, 0.3) is 10.6 Å². The van der Waals surface area contributed by atoms with Crippen LogP contribution < -0.4 is 11.1 Å². The minimum absolute atomic E-state index is 0.166. The van der Waals surface area contributed by atoms with Gasteiger partial charge < -0.3 is 11.1 Å². The van der Waals surface area contributed by atoms with Crippen molar-refractivity contribution in [2.24, 2.45) is 5.73 Å². The number of carbonyl (C=O) groups is 2. The van der Waals surface area contributed by atoms with Gasteiger partial charge in [-0.15, -0.1) is 21.5 Å². The molecule has 126 valence electrons. The van der Waals surface area contributed by atoms with E-state index in [1.807, 2.05) is 29.6 Å². The smallest absolute Gasteiger partial charge is 0.248 e. The first kappa shape index (κ1) is 17.1. The first-order chi connectivity index (χ1) is 12.1. The van der Waals surface area contributed by atoms with Crippen LogP contribution in [0.1, 0.15) is 10.4 Å². The van der Waals surface area contributed by atoms with Gasteiger partial charge in [-0.3, -0.25) is 9.59 Å². The number of nitrogens with two attached hydrogens (primary N) is 1. The quantitative estimate of drug-likeness (QED) is 0.650. The highest BCUT2D eigenvalue weighted by molar-refractivity contribution is 7.99. The lowest BCUT2D eigenvalue weighted by molar-refractivity contribution is -0.113. The lowest BCUT2D eigenvalue weighted by Gasteiger charge is -2.05. The Kier molecular flexibility index (Phi) is 5.42. The van der Waals surface area contributed by atoms with Crippen molar-refractivity contribution in [2.45, 2.75) is 5.03 Å². The number of hydrogen-bond acceptors (Lipinski definition) is 6. The first-order valence-corrected chi connectivity index (χ1v) is 9.18. The Morgan fingerprint density at radius 3 is 2.48 bits per heavy atom. The van der Waals surface area contributed by atoms with Crippen molar-refractivity contribution in [3.63, 3.8) is 0 Å². The fraction of sp³-hybridized carbons (Fsp3) is 0.0588. The fourth-order valence-corrected chi connectivity index (χ4v) is 3.31. The molecular formula is C17H14N4O2S2. The van der Waals surface area contributed by atoms with Gasteiger partial charge in [0.25, 0.3) is 0 Å². The van der Waals surface area contributed by atoms with Crippen LogP contribution in [0.5, 0.6) is 0 Å². The summed E-state index contributed by atoms with van der Waals surface area (Å²) in [5.74, 6) is -0.455. The molecule has 8 heteroatoms. The fourth-order valence-electron chi connectivity index (χ4n) is 2.01. The molecule has 2 heterocycles. The highest BCUT2D eigenvalue weighted by Crippen LogP contribution is 2.23. The average Bonchev–Trinajstić information content (AvgIpc) is 3.15. The highest BCUT2D eigenvalue weighted by Gasteiger charge is 2.07. The largest absolute Gasteiger partial charge is 0.366 e. The molecule has 0 aliphatic carbocycles. The number of primary amides is 1. The summed E-state index contributed by atoms with van der Waals surface area (Å²) in [5.41, 5.74) is 7.00. The summed E-state index contributed by atoms with van der Waals surface area (Å²) < 4.78 is 0. The summed E-state index contributed by atoms with van der Waals surface area (Å²) >= 11 is 2.91. The van der Waals surface area contributed by atoms with Crippen molar-refractivity contribution >= 4 is 40.6 Å². The van der Waals surface area contributed by atoms with Crippen molar-refractivity contribution in [1.29, 1.82) is 0 Å². The van der Waals surface area contributed by atoms with Crippen LogP contribution in [-0.2, 0) is 4.79 Å². The van der Waals surface area contributed by atoms with Gasteiger partial charge in [-0.05, 0) is 47.8 Å². The van der Waals surface area contributed by atoms with Gasteiger partial charge >= 0.3 is 0 Å². The van der Waals surface area contributed by atoms with Crippen LogP contribution in [0.3, 0.4) is 0 Å². The van der Waals surface area contributed by atoms with E-state index in [-0.39, 0.29) is 11.7 Å². The van der Waals surface area contributed by atoms with Gasteiger partial charge in [0.15, 0.2) is 0 Å². The number of hydrogen-bond donors (Lipinski definition) is 2. The third kappa shape index (κ3) is 4.65. The summed E-state index contributed by atoms with van der Waals surface area (Å²) in [5, 5.41) is 13.7. The van der Waals surface area contributed by atoms with Crippen LogP contribution in [0.4, 0.5) is 5.69 Å². The van der Waals surface area contributed by atoms with E-state index in [2.05, 4.69) is 15.5 Å². The van der Waals surface area contributed by atoms with Gasteiger partial charge in [0.1, 0.15) is 10.7 Å². The Morgan fingerprint density at radius 1 is 1.08 bits per heavy atom. The average molecular weight is 370 g/mol. The molecule has 0 bridgehead atoms. The summed E-state index contributed by atoms with van der Waals surface area (Å²) in [6, 6.07) is 14.1. The Bertz CT molecular complexity index is 863. The topological polar surface area (TPSA) is 98.0 Å². The van der Waals surface area contributed by atoms with Gasteiger partial charge in [-0.2, -0.15) is 0 Å². The zero-order valence-electron chi connectivity index (χ0n) is 13.0. The molecule has 0 saturated carbocycles. The molecule has 0 atom stereocenters. The van der Waals surface area contributed by atoms with Gasteiger partial charge in [0.2, 0.25) is 11.8 Å². The minimum Gasteiger partial charge on any atom is -0.366 e. The number of thiophene rings is 1. The first-order valence-electron chi connectivity index (χ1n) is 7.32. The number of nitrogens with one attached hydrogen (secondary N) is 1. The van der Waals surface area contributed by atoms with E-state index in [0.717, 1.165) is 10.6 Å². The van der Waals surface area contributed by atoms with Gasteiger partial charge in [0.05, 0.1) is 10.6 Å². The third-order valence-corrected chi connectivity index (χ3v) is 5.03. The van der Waals surface area contributed by atoms with Crippen LogP contribution in [0, 0.1) is 0 Å². The van der Waals surface area contributed by atoms with Gasteiger partial charge in [-0.1, -0.05) is 17.8 Å². The minimum atomic E-state index is -0.502. The van der Waals surface area contributed by atoms with E-state index in [9.17, 15) is 9.59 Å². The number of carbonyl (C=O) groups excluding carboxylic acids is 2. The summed E-state index contributed by atoms with van der Waals surface area (Å²) in [6.45, 7) is 0. The standard InChI is InChI=1S/C17H14N4O2S2/c18-17(23)11-3-5-12(6-4-11)19-15(22)10-25-16-8-7-13(20-21-16)14-2-1-9-24-14/h1-9H,10H2,(H2,18,23)(H,19,22). The number of nitrogens with zero attached hydrogens (tertiary/aromatic N) is 2. The predicted molar refractivity (Wildman–Crippen MR) is 99.7 cm³/mol. The monoisotopic (exact) mass is 370 g/mol. The molecule has 3 aromatic rings. The van der Waals surface area contributed by atoms with Crippen LogP contribution in [-0.4, -0.2) is 27.8 Å². The Hall–Kier alpha value is -2.71. The lowest BCUT2D eigenvalue weighted by atomic mass is 10.2. The summed E-state index contributed by atoms with van der Waals surface area (Å²) in [6.07, 6.45) is 0. The summed E-state index contributed by atoms with van der Waals surface area (Å²) in [7, 11) is 0. The maximum absolute atomic E-state index is 12.0. The van der Waals surface area contributed by atoms with Gasteiger partial charge in [0, 0.05) is 11.3 Å². The third-order valence-electron chi connectivity index (χ3n) is 3.22.